The normalized spacial score (nSPS) is 12.6. The standard InChI is InChI=1S/C11H11ClF2O2/c1-6-8(10(12)7(2)15)4-3-5-9(6)16-11(13)14/h3-5,10-11H,1-2H3. The first-order valence-electron chi connectivity index (χ1n) is 4.62. The lowest BCUT2D eigenvalue weighted by Gasteiger charge is -2.14. The number of carbonyl (C=O) groups excluding carboxylic acids is 1. The molecule has 0 fully saturated rings. The molecule has 0 heterocycles. The van der Waals surface area contributed by atoms with Crippen molar-refractivity contribution in [1.29, 1.82) is 0 Å². The van der Waals surface area contributed by atoms with Crippen molar-refractivity contribution >= 4 is 17.4 Å². The Kier molecular flexibility index (Phi) is 4.24. The average molecular weight is 249 g/mol. The molecule has 16 heavy (non-hydrogen) atoms. The van der Waals surface area contributed by atoms with Crippen LogP contribution in [-0.4, -0.2) is 12.4 Å². The molecular weight excluding hydrogens is 238 g/mol. The van der Waals surface area contributed by atoms with Crippen molar-refractivity contribution in [2.24, 2.45) is 0 Å². The summed E-state index contributed by atoms with van der Waals surface area (Å²) in [6.45, 7) is 0.0448. The molecule has 0 saturated heterocycles. The van der Waals surface area contributed by atoms with Crippen LogP contribution in [0.1, 0.15) is 23.4 Å². The first kappa shape index (κ1) is 12.9. The van der Waals surface area contributed by atoms with Crippen LogP contribution in [0.15, 0.2) is 18.2 Å². The molecule has 0 aliphatic rings. The SMILES string of the molecule is CC(=O)C(Cl)c1cccc(OC(F)F)c1C. The molecule has 1 atom stereocenters. The monoisotopic (exact) mass is 248 g/mol. The number of carbonyl (C=O) groups is 1. The van der Waals surface area contributed by atoms with Gasteiger partial charge in [-0.1, -0.05) is 12.1 Å². The quantitative estimate of drug-likeness (QED) is 0.763. The number of hydrogen-bond acceptors (Lipinski definition) is 2. The Morgan fingerprint density at radius 3 is 2.56 bits per heavy atom. The molecule has 1 rings (SSSR count). The second-order valence-electron chi connectivity index (χ2n) is 3.32. The number of hydrogen-bond donors (Lipinski definition) is 0. The molecule has 0 radical (unpaired) electrons. The van der Waals surface area contributed by atoms with Crippen molar-refractivity contribution in [3.05, 3.63) is 29.3 Å². The van der Waals surface area contributed by atoms with Gasteiger partial charge in [0, 0.05) is 0 Å². The summed E-state index contributed by atoms with van der Waals surface area (Å²) in [6, 6.07) is 4.56. The van der Waals surface area contributed by atoms with E-state index >= 15 is 0 Å². The van der Waals surface area contributed by atoms with Crippen LogP contribution in [0, 0.1) is 6.92 Å². The van der Waals surface area contributed by atoms with Crippen molar-refractivity contribution in [3.63, 3.8) is 0 Å². The first-order valence-corrected chi connectivity index (χ1v) is 5.06. The van der Waals surface area contributed by atoms with Gasteiger partial charge in [-0.15, -0.1) is 11.6 Å². The molecule has 1 unspecified atom stereocenters. The van der Waals surface area contributed by atoms with Gasteiger partial charge in [0.2, 0.25) is 0 Å². The average Bonchev–Trinajstić information content (AvgIpc) is 2.19. The maximum atomic E-state index is 12.1. The molecule has 0 amide bonds. The second-order valence-corrected chi connectivity index (χ2v) is 3.76. The summed E-state index contributed by atoms with van der Waals surface area (Å²) in [7, 11) is 0. The van der Waals surface area contributed by atoms with Crippen LogP contribution in [0.3, 0.4) is 0 Å². The van der Waals surface area contributed by atoms with Gasteiger partial charge in [-0.05, 0) is 31.0 Å². The lowest BCUT2D eigenvalue weighted by molar-refractivity contribution is -0.116. The maximum absolute atomic E-state index is 12.1. The van der Waals surface area contributed by atoms with E-state index in [4.69, 9.17) is 11.6 Å². The van der Waals surface area contributed by atoms with E-state index < -0.39 is 12.0 Å². The number of rotatable bonds is 4. The van der Waals surface area contributed by atoms with Crippen molar-refractivity contribution in [1.82, 2.24) is 0 Å². The molecule has 88 valence electrons. The highest BCUT2D eigenvalue weighted by molar-refractivity contribution is 6.30. The Morgan fingerprint density at radius 1 is 1.44 bits per heavy atom. The van der Waals surface area contributed by atoms with Gasteiger partial charge in [-0.3, -0.25) is 4.79 Å². The number of halogens is 3. The summed E-state index contributed by atoms with van der Waals surface area (Å²) in [5.41, 5.74) is 0.949. The van der Waals surface area contributed by atoms with Crippen molar-refractivity contribution in [2.75, 3.05) is 0 Å². The molecule has 1 aromatic rings. The molecular formula is C11H11ClF2O2. The fourth-order valence-corrected chi connectivity index (χ4v) is 1.59. The van der Waals surface area contributed by atoms with E-state index in [9.17, 15) is 13.6 Å². The summed E-state index contributed by atoms with van der Waals surface area (Å²) in [6.07, 6.45) is 0. The van der Waals surface area contributed by atoms with Gasteiger partial charge in [0.15, 0.2) is 5.78 Å². The topological polar surface area (TPSA) is 26.3 Å². The van der Waals surface area contributed by atoms with Crippen LogP contribution < -0.4 is 4.74 Å². The summed E-state index contributed by atoms with van der Waals surface area (Å²) in [5, 5.41) is -0.832. The number of alkyl halides is 3. The first-order chi connectivity index (χ1) is 7.43. The second kappa shape index (κ2) is 5.25. The van der Waals surface area contributed by atoms with Crippen molar-refractivity contribution in [2.45, 2.75) is 25.8 Å². The summed E-state index contributed by atoms with van der Waals surface area (Å²) < 4.78 is 28.5. The lowest BCUT2D eigenvalue weighted by atomic mass is 10.0. The third-order valence-corrected chi connectivity index (χ3v) is 2.71. The van der Waals surface area contributed by atoms with Gasteiger partial charge in [-0.2, -0.15) is 8.78 Å². The van der Waals surface area contributed by atoms with Crippen LogP contribution in [0.5, 0.6) is 5.75 Å². The fraction of sp³-hybridized carbons (Fsp3) is 0.364. The van der Waals surface area contributed by atoms with Gasteiger partial charge < -0.3 is 4.74 Å². The molecule has 1 aromatic carbocycles. The molecule has 0 N–H and O–H groups in total. The zero-order valence-corrected chi connectivity index (χ0v) is 9.59. The Hall–Kier alpha value is -1.16. The Bertz CT molecular complexity index is 394. The van der Waals surface area contributed by atoms with Crippen molar-refractivity contribution < 1.29 is 18.3 Å². The van der Waals surface area contributed by atoms with E-state index in [1.807, 2.05) is 0 Å². The summed E-state index contributed by atoms with van der Waals surface area (Å²) in [5.74, 6) is -0.196. The third-order valence-electron chi connectivity index (χ3n) is 2.17. The summed E-state index contributed by atoms with van der Waals surface area (Å²) in [4.78, 5) is 11.1. The fourth-order valence-electron chi connectivity index (χ4n) is 1.35. The van der Waals surface area contributed by atoms with Crippen LogP contribution >= 0.6 is 11.6 Å². The Labute approximate surface area is 97.2 Å². The highest BCUT2D eigenvalue weighted by Gasteiger charge is 2.18. The molecule has 0 aliphatic carbocycles. The minimum absolute atomic E-state index is 0.0411. The Morgan fingerprint density at radius 2 is 2.06 bits per heavy atom. The van der Waals surface area contributed by atoms with E-state index in [1.54, 1.807) is 13.0 Å². The van der Waals surface area contributed by atoms with E-state index in [0.717, 1.165) is 0 Å². The molecule has 2 nitrogen and oxygen atoms in total. The molecule has 0 aromatic heterocycles. The zero-order chi connectivity index (χ0) is 12.3. The van der Waals surface area contributed by atoms with E-state index in [1.165, 1.54) is 19.1 Å². The van der Waals surface area contributed by atoms with E-state index in [0.29, 0.717) is 11.1 Å². The number of ketones is 1. The number of Topliss-reactive ketones (excluding diaryl/α,β-unsaturated/α-hetero) is 1. The van der Waals surface area contributed by atoms with Gasteiger partial charge in [-0.25, -0.2) is 0 Å². The molecule has 0 aliphatic heterocycles. The molecule has 0 spiro atoms. The van der Waals surface area contributed by atoms with E-state index in [-0.39, 0.29) is 11.5 Å². The smallest absolute Gasteiger partial charge is 0.387 e. The molecule has 0 bridgehead atoms. The van der Waals surface area contributed by atoms with Gasteiger partial charge in [0.1, 0.15) is 11.1 Å². The molecule has 0 saturated carbocycles. The van der Waals surface area contributed by atoms with Crippen LogP contribution in [0.25, 0.3) is 0 Å². The largest absolute Gasteiger partial charge is 0.435 e. The third kappa shape index (κ3) is 2.92. The number of ether oxygens (including phenoxy) is 1. The molecule has 5 heteroatoms. The number of benzene rings is 1. The maximum Gasteiger partial charge on any atom is 0.387 e. The van der Waals surface area contributed by atoms with E-state index in [2.05, 4.69) is 4.74 Å². The van der Waals surface area contributed by atoms with Gasteiger partial charge >= 0.3 is 6.61 Å². The Balaban J connectivity index is 3.08. The van der Waals surface area contributed by atoms with Crippen LogP contribution in [0.2, 0.25) is 0 Å². The minimum Gasteiger partial charge on any atom is -0.435 e. The highest BCUT2D eigenvalue weighted by atomic mass is 35.5. The van der Waals surface area contributed by atoms with Crippen LogP contribution in [-0.2, 0) is 4.79 Å². The highest BCUT2D eigenvalue weighted by Crippen LogP contribution is 2.30. The minimum atomic E-state index is -2.89. The lowest BCUT2D eigenvalue weighted by Crippen LogP contribution is -2.07. The van der Waals surface area contributed by atoms with Crippen molar-refractivity contribution in [3.8, 4) is 5.75 Å². The van der Waals surface area contributed by atoms with Gasteiger partial charge in [0.25, 0.3) is 0 Å². The summed E-state index contributed by atoms with van der Waals surface area (Å²) >= 11 is 5.86. The van der Waals surface area contributed by atoms with Gasteiger partial charge in [0.05, 0.1) is 0 Å². The van der Waals surface area contributed by atoms with Crippen LogP contribution in [0.4, 0.5) is 8.78 Å². The zero-order valence-electron chi connectivity index (χ0n) is 8.84. The predicted octanol–water partition coefficient (Wildman–Crippen LogP) is 3.47. The predicted molar refractivity (Wildman–Crippen MR) is 57.1 cm³/mol.